The van der Waals surface area contributed by atoms with E-state index in [1.807, 2.05) is 36.4 Å². The van der Waals surface area contributed by atoms with E-state index in [9.17, 15) is 4.39 Å². The van der Waals surface area contributed by atoms with Crippen molar-refractivity contribution in [2.24, 2.45) is 0 Å². The van der Waals surface area contributed by atoms with Gasteiger partial charge in [0.15, 0.2) is 0 Å². The molecule has 6 heteroatoms. The number of aromatic amines is 1. The molecule has 1 fully saturated rings. The largest absolute Gasteiger partial charge is 0.367 e. The molecule has 1 saturated heterocycles. The number of likely N-dealkylation sites (tertiary alicyclic amines) is 1. The first kappa shape index (κ1) is 16.0. The Morgan fingerprint density at radius 2 is 2.00 bits per heavy atom. The molecule has 2 aromatic heterocycles. The number of pyridine rings is 1. The molecule has 3 aromatic rings. The van der Waals surface area contributed by atoms with E-state index >= 15 is 0 Å². The maximum absolute atomic E-state index is 14.4. The number of hydrogen-bond donors (Lipinski definition) is 2. The minimum atomic E-state index is -0.924. The van der Waals surface area contributed by atoms with Crippen molar-refractivity contribution in [3.63, 3.8) is 0 Å². The Labute approximate surface area is 146 Å². The van der Waals surface area contributed by atoms with Crippen LogP contribution in [-0.4, -0.2) is 45.8 Å². The van der Waals surface area contributed by atoms with Gasteiger partial charge in [0, 0.05) is 31.9 Å². The zero-order valence-electron chi connectivity index (χ0n) is 14.0. The number of rotatable bonds is 5. The standard InChI is InChI=1S/C19H22FN5/c20-17(14-4-2-1-3-5-14)13-25-10-7-15(8-11-25)23-19-16-12-22-24-18(16)6-9-21-19/h1-6,9,12,15,17H,7-8,10-11,13H2,(H,21,23)(H,22,24). The van der Waals surface area contributed by atoms with Gasteiger partial charge in [0.05, 0.1) is 17.1 Å². The molecule has 1 aliphatic rings. The van der Waals surface area contributed by atoms with Gasteiger partial charge in [0.25, 0.3) is 0 Å². The summed E-state index contributed by atoms with van der Waals surface area (Å²) in [5.41, 5.74) is 1.75. The van der Waals surface area contributed by atoms with Crippen LogP contribution in [0.25, 0.3) is 10.9 Å². The summed E-state index contributed by atoms with van der Waals surface area (Å²) in [6.45, 7) is 2.25. The van der Waals surface area contributed by atoms with Crippen molar-refractivity contribution < 1.29 is 4.39 Å². The van der Waals surface area contributed by atoms with Gasteiger partial charge in [-0.1, -0.05) is 30.3 Å². The van der Waals surface area contributed by atoms with Crippen molar-refractivity contribution in [3.05, 3.63) is 54.4 Å². The Kier molecular flexibility index (Phi) is 4.61. The number of alkyl halides is 1. The average molecular weight is 339 g/mol. The zero-order chi connectivity index (χ0) is 17.1. The summed E-state index contributed by atoms with van der Waals surface area (Å²) in [5, 5.41) is 11.6. The monoisotopic (exact) mass is 339 g/mol. The number of piperidine rings is 1. The molecule has 0 bridgehead atoms. The van der Waals surface area contributed by atoms with Gasteiger partial charge < -0.3 is 5.32 Å². The van der Waals surface area contributed by atoms with Crippen LogP contribution in [0.2, 0.25) is 0 Å². The average Bonchev–Trinajstić information content (AvgIpc) is 3.14. The number of nitrogens with zero attached hydrogens (tertiary/aromatic N) is 3. The van der Waals surface area contributed by atoms with E-state index in [0.29, 0.717) is 12.6 Å². The molecule has 4 rings (SSSR count). The fourth-order valence-corrected chi connectivity index (χ4v) is 3.43. The maximum Gasteiger partial charge on any atom is 0.138 e. The molecule has 0 saturated carbocycles. The van der Waals surface area contributed by atoms with E-state index in [0.717, 1.165) is 48.2 Å². The Bertz CT molecular complexity index is 811. The van der Waals surface area contributed by atoms with Gasteiger partial charge in [-0.25, -0.2) is 9.37 Å². The second-order valence-electron chi connectivity index (χ2n) is 6.59. The summed E-state index contributed by atoms with van der Waals surface area (Å²) in [6.07, 6.45) is 4.63. The first-order chi connectivity index (χ1) is 12.3. The van der Waals surface area contributed by atoms with Crippen LogP contribution in [0.1, 0.15) is 24.6 Å². The van der Waals surface area contributed by atoms with Gasteiger partial charge >= 0.3 is 0 Å². The van der Waals surface area contributed by atoms with Crippen molar-refractivity contribution in [1.82, 2.24) is 20.1 Å². The molecule has 2 N–H and O–H groups in total. The summed E-state index contributed by atoms with van der Waals surface area (Å²) in [7, 11) is 0. The predicted molar refractivity (Wildman–Crippen MR) is 97.3 cm³/mol. The summed E-state index contributed by atoms with van der Waals surface area (Å²) >= 11 is 0. The number of anilines is 1. The molecule has 1 aromatic carbocycles. The molecular formula is C19H22FN5. The van der Waals surface area contributed by atoms with Crippen LogP contribution in [-0.2, 0) is 0 Å². The third-order valence-corrected chi connectivity index (χ3v) is 4.88. The molecule has 1 unspecified atom stereocenters. The molecule has 1 atom stereocenters. The summed E-state index contributed by atoms with van der Waals surface area (Å²) < 4.78 is 14.4. The number of H-pyrrole nitrogens is 1. The van der Waals surface area contributed by atoms with Crippen LogP contribution in [0.5, 0.6) is 0 Å². The number of aromatic nitrogens is 3. The Morgan fingerprint density at radius 1 is 1.20 bits per heavy atom. The molecule has 1 aliphatic heterocycles. The lowest BCUT2D eigenvalue weighted by atomic mass is 10.0. The second-order valence-corrected chi connectivity index (χ2v) is 6.59. The van der Waals surface area contributed by atoms with Crippen molar-refractivity contribution in [3.8, 4) is 0 Å². The van der Waals surface area contributed by atoms with Gasteiger partial charge in [-0.05, 0) is 24.5 Å². The van der Waals surface area contributed by atoms with Crippen molar-refractivity contribution in [2.75, 3.05) is 25.0 Å². The van der Waals surface area contributed by atoms with Crippen molar-refractivity contribution >= 4 is 16.7 Å². The van der Waals surface area contributed by atoms with Crippen LogP contribution in [0, 0.1) is 0 Å². The Morgan fingerprint density at radius 3 is 2.80 bits per heavy atom. The molecular weight excluding hydrogens is 317 g/mol. The summed E-state index contributed by atoms with van der Waals surface area (Å²) in [6, 6.07) is 11.7. The third kappa shape index (κ3) is 3.64. The van der Waals surface area contributed by atoms with E-state index in [1.165, 1.54) is 0 Å². The van der Waals surface area contributed by atoms with Crippen LogP contribution >= 0.6 is 0 Å². The first-order valence-electron chi connectivity index (χ1n) is 8.75. The summed E-state index contributed by atoms with van der Waals surface area (Å²) in [5.74, 6) is 0.873. The topological polar surface area (TPSA) is 56.8 Å². The van der Waals surface area contributed by atoms with Crippen molar-refractivity contribution in [1.29, 1.82) is 0 Å². The molecule has 0 spiro atoms. The lowest BCUT2D eigenvalue weighted by molar-refractivity contribution is 0.162. The number of benzene rings is 1. The SMILES string of the molecule is FC(CN1CCC(Nc2nccc3[nH]ncc23)CC1)c1ccccc1. The van der Waals surface area contributed by atoms with Crippen LogP contribution in [0.15, 0.2) is 48.8 Å². The zero-order valence-corrected chi connectivity index (χ0v) is 14.0. The fourth-order valence-electron chi connectivity index (χ4n) is 3.43. The van der Waals surface area contributed by atoms with E-state index in [4.69, 9.17) is 0 Å². The molecule has 25 heavy (non-hydrogen) atoms. The lowest BCUT2D eigenvalue weighted by Crippen LogP contribution is -2.40. The lowest BCUT2D eigenvalue weighted by Gasteiger charge is -2.33. The Balaban J connectivity index is 1.32. The van der Waals surface area contributed by atoms with E-state index in [-0.39, 0.29) is 0 Å². The molecule has 3 heterocycles. The number of hydrogen-bond acceptors (Lipinski definition) is 4. The highest BCUT2D eigenvalue weighted by Crippen LogP contribution is 2.24. The van der Waals surface area contributed by atoms with Gasteiger partial charge in [-0.15, -0.1) is 0 Å². The molecule has 0 radical (unpaired) electrons. The van der Waals surface area contributed by atoms with Crippen LogP contribution < -0.4 is 5.32 Å². The third-order valence-electron chi connectivity index (χ3n) is 4.88. The number of nitrogens with one attached hydrogen (secondary N) is 2. The van der Waals surface area contributed by atoms with Crippen molar-refractivity contribution in [2.45, 2.75) is 25.1 Å². The molecule has 0 amide bonds. The first-order valence-corrected chi connectivity index (χ1v) is 8.75. The quantitative estimate of drug-likeness (QED) is 0.746. The number of fused-ring (bicyclic) bond motifs is 1. The van der Waals surface area contributed by atoms with Crippen LogP contribution in [0.4, 0.5) is 10.2 Å². The predicted octanol–water partition coefficient (Wildman–Crippen LogP) is 3.55. The van der Waals surface area contributed by atoms with Gasteiger partial charge in [0.2, 0.25) is 0 Å². The highest BCUT2D eigenvalue weighted by atomic mass is 19.1. The normalized spacial score (nSPS) is 17.6. The molecule has 5 nitrogen and oxygen atoms in total. The van der Waals surface area contributed by atoms with Gasteiger partial charge in [-0.3, -0.25) is 10.00 Å². The Hall–Kier alpha value is -2.47. The smallest absolute Gasteiger partial charge is 0.138 e. The molecule has 130 valence electrons. The van der Waals surface area contributed by atoms with E-state index < -0.39 is 6.17 Å². The highest BCUT2D eigenvalue weighted by Gasteiger charge is 2.23. The minimum absolute atomic E-state index is 0.360. The van der Waals surface area contributed by atoms with E-state index in [2.05, 4.69) is 25.4 Å². The fraction of sp³-hybridized carbons (Fsp3) is 0.368. The summed E-state index contributed by atoms with van der Waals surface area (Å²) in [4.78, 5) is 6.65. The van der Waals surface area contributed by atoms with Gasteiger partial charge in [-0.2, -0.15) is 5.10 Å². The second kappa shape index (κ2) is 7.19. The maximum atomic E-state index is 14.4. The van der Waals surface area contributed by atoms with Gasteiger partial charge in [0.1, 0.15) is 12.0 Å². The van der Waals surface area contributed by atoms with Crippen LogP contribution in [0.3, 0.4) is 0 Å². The molecule has 0 aliphatic carbocycles. The highest BCUT2D eigenvalue weighted by molar-refractivity contribution is 5.88. The van der Waals surface area contributed by atoms with E-state index in [1.54, 1.807) is 12.4 Å². The number of halogens is 1. The minimum Gasteiger partial charge on any atom is -0.367 e.